The van der Waals surface area contributed by atoms with Gasteiger partial charge in [-0.1, -0.05) is 6.08 Å². The number of benzene rings is 1. The topological polar surface area (TPSA) is 38.3 Å². The number of carbonyl (C=O) groups excluding carboxylic acids is 1. The summed E-state index contributed by atoms with van der Waals surface area (Å²) in [5.41, 5.74) is 2.58. The predicted molar refractivity (Wildman–Crippen MR) is 69.6 cm³/mol. The molecule has 0 bridgehead atoms. The molecule has 0 aliphatic heterocycles. The van der Waals surface area contributed by atoms with E-state index in [-0.39, 0.29) is 5.91 Å². The van der Waals surface area contributed by atoms with Crippen molar-refractivity contribution in [1.82, 2.24) is 5.32 Å². The van der Waals surface area contributed by atoms with Gasteiger partial charge in [-0.3, -0.25) is 4.79 Å². The van der Waals surface area contributed by atoms with E-state index < -0.39 is 0 Å². The predicted octanol–water partition coefficient (Wildman–Crippen LogP) is 2.62. The van der Waals surface area contributed by atoms with Crippen molar-refractivity contribution in [1.29, 1.82) is 0 Å². The standard InChI is InChI=1S/C14H19NO2/c1-5-7-15-14(16)12-8-11(4)13(17-6-2)9-10(12)3/h5,8-9H,1,6-7H2,2-4H3,(H,15,16). The lowest BCUT2D eigenvalue weighted by atomic mass is 10.0. The molecule has 0 radical (unpaired) electrons. The average Bonchev–Trinajstić information content (AvgIpc) is 2.30. The van der Waals surface area contributed by atoms with Gasteiger partial charge in [0.25, 0.3) is 5.91 Å². The summed E-state index contributed by atoms with van der Waals surface area (Å²) in [6.07, 6.45) is 1.66. The summed E-state index contributed by atoms with van der Waals surface area (Å²) in [6.45, 7) is 10.5. The number of hydrogen-bond donors (Lipinski definition) is 1. The molecule has 0 aliphatic carbocycles. The second-order valence-electron chi connectivity index (χ2n) is 3.86. The van der Waals surface area contributed by atoms with Gasteiger partial charge in [-0.05, 0) is 44.0 Å². The lowest BCUT2D eigenvalue weighted by Crippen LogP contribution is -2.24. The molecule has 0 heterocycles. The van der Waals surface area contributed by atoms with Crippen LogP contribution in [0.4, 0.5) is 0 Å². The Kier molecular flexibility index (Phi) is 4.76. The maximum absolute atomic E-state index is 11.8. The Morgan fingerprint density at radius 1 is 1.41 bits per heavy atom. The summed E-state index contributed by atoms with van der Waals surface area (Å²) in [5.74, 6) is 0.763. The molecule has 0 spiro atoms. The fourth-order valence-corrected chi connectivity index (χ4v) is 1.61. The lowest BCUT2D eigenvalue weighted by molar-refractivity contribution is 0.0957. The minimum absolute atomic E-state index is 0.0754. The summed E-state index contributed by atoms with van der Waals surface area (Å²) in [5, 5.41) is 2.77. The van der Waals surface area contributed by atoms with E-state index in [1.807, 2.05) is 32.9 Å². The van der Waals surface area contributed by atoms with Crippen LogP contribution in [-0.2, 0) is 0 Å². The molecular formula is C14H19NO2. The van der Waals surface area contributed by atoms with Gasteiger partial charge in [-0.15, -0.1) is 6.58 Å². The third-order valence-corrected chi connectivity index (χ3v) is 2.47. The highest BCUT2D eigenvalue weighted by Crippen LogP contribution is 2.22. The first-order valence-electron chi connectivity index (χ1n) is 5.73. The maximum atomic E-state index is 11.8. The molecule has 0 atom stereocenters. The maximum Gasteiger partial charge on any atom is 0.251 e. The number of nitrogens with one attached hydrogen (secondary N) is 1. The SMILES string of the molecule is C=CCNC(=O)c1cc(C)c(OCC)cc1C. The van der Waals surface area contributed by atoms with Crippen molar-refractivity contribution in [3.63, 3.8) is 0 Å². The molecular weight excluding hydrogens is 214 g/mol. The van der Waals surface area contributed by atoms with Crippen LogP contribution in [0, 0.1) is 13.8 Å². The third kappa shape index (κ3) is 3.34. The Morgan fingerprint density at radius 2 is 2.12 bits per heavy atom. The number of aryl methyl sites for hydroxylation is 2. The number of amides is 1. The number of rotatable bonds is 5. The number of ether oxygens (including phenoxy) is 1. The highest BCUT2D eigenvalue weighted by molar-refractivity contribution is 5.96. The fraction of sp³-hybridized carbons (Fsp3) is 0.357. The molecule has 0 saturated heterocycles. The van der Waals surface area contributed by atoms with Crippen molar-refractivity contribution in [3.8, 4) is 5.75 Å². The van der Waals surface area contributed by atoms with Crippen LogP contribution < -0.4 is 10.1 Å². The van der Waals surface area contributed by atoms with Crippen LogP contribution in [0.2, 0.25) is 0 Å². The van der Waals surface area contributed by atoms with Crippen molar-refractivity contribution in [2.45, 2.75) is 20.8 Å². The van der Waals surface area contributed by atoms with Crippen molar-refractivity contribution >= 4 is 5.91 Å². The van der Waals surface area contributed by atoms with Gasteiger partial charge < -0.3 is 10.1 Å². The van der Waals surface area contributed by atoms with Gasteiger partial charge in [-0.2, -0.15) is 0 Å². The van der Waals surface area contributed by atoms with Gasteiger partial charge in [0.15, 0.2) is 0 Å². The van der Waals surface area contributed by atoms with E-state index in [4.69, 9.17) is 4.74 Å². The largest absolute Gasteiger partial charge is 0.494 e. The van der Waals surface area contributed by atoms with E-state index in [1.165, 1.54) is 0 Å². The number of carbonyl (C=O) groups is 1. The van der Waals surface area contributed by atoms with Crippen LogP contribution >= 0.6 is 0 Å². The van der Waals surface area contributed by atoms with Gasteiger partial charge in [-0.25, -0.2) is 0 Å². The molecule has 1 rings (SSSR count). The molecule has 1 amide bonds. The molecule has 1 aromatic rings. The molecule has 17 heavy (non-hydrogen) atoms. The van der Waals surface area contributed by atoms with Crippen LogP contribution in [0.1, 0.15) is 28.4 Å². The fourth-order valence-electron chi connectivity index (χ4n) is 1.61. The lowest BCUT2D eigenvalue weighted by Gasteiger charge is -2.12. The first kappa shape index (κ1) is 13.3. The zero-order chi connectivity index (χ0) is 12.8. The van der Waals surface area contributed by atoms with E-state index in [2.05, 4.69) is 11.9 Å². The average molecular weight is 233 g/mol. The highest BCUT2D eigenvalue weighted by atomic mass is 16.5. The molecule has 1 aromatic carbocycles. The van der Waals surface area contributed by atoms with Crippen LogP contribution in [0.5, 0.6) is 5.75 Å². The monoisotopic (exact) mass is 233 g/mol. The summed E-state index contributed by atoms with van der Waals surface area (Å²) < 4.78 is 5.49. The van der Waals surface area contributed by atoms with Crippen molar-refractivity contribution < 1.29 is 9.53 Å². The van der Waals surface area contributed by atoms with Gasteiger partial charge in [0, 0.05) is 12.1 Å². The molecule has 0 unspecified atom stereocenters. The minimum atomic E-state index is -0.0754. The Balaban J connectivity index is 2.98. The molecule has 0 aliphatic rings. The molecule has 1 N–H and O–H groups in total. The van der Waals surface area contributed by atoms with E-state index in [9.17, 15) is 4.79 Å². The molecule has 3 nitrogen and oxygen atoms in total. The van der Waals surface area contributed by atoms with Crippen LogP contribution in [0.25, 0.3) is 0 Å². The first-order chi connectivity index (χ1) is 8.10. The second-order valence-corrected chi connectivity index (χ2v) is 3.86. The van der Waals surface area contributed by atoms with Crippen molar-refractivity contribution in [2.75, 3.05) is 13.2 Å². The van der Waals surface area contributed by atoms with E-state index >= 15 is 0 Å². The summed E-state index contributed by atoms with van der Waals surface area (Å²) >= 11 is 0. The van der Waals surface area contributed by atoms with E-state index in [0.29, 0.717) is 18.7 Å². The van der Waals surface area contributed by atoms with E-state index in [0.717, 1.165) is 16.9 Å². The van der Waals surface area contributed by atoms with Crippen LogP contribution in [0.3, 0.4) is 0 Å². The molecule has 92 valence electrons. The molecule has 0 saturated carbocycles. The Bertz CT molecular complexity index is 424. The van der Waals surface area contributed by atoms with Crippen LogP contribution in [-0.4, -0.2) is 19.1 Å². The minimum Gasteiger partial charge on any atom is -0.494 e. The number of hydrogen-bond acceptors (Lipinski definition) is 2. The second kappa shape index (κ2) is 6.09. The van der Waals surface area contributed by atoms with Gasteiger partial charge >= 0.3 is 0 Å². The quantitative estimate of drug-likeness (QED) is 0.794. The molecule has 0 aromatic heterocycles. The van der Waals surface area contributed by atoms with Gasteiger partial charge in [0.1, 0.15) is 5.75 Å². The van der Waals surface area contributed by atoms with Gasteiger partial charge in [0.2, 0.25) is 0 Å². The Morgan fingerprint density at radius 3 is 2.71 bits per heavy atom. The normalized spacial score (nSPS) is 9.82. The Labute approximate surface area is 102 Å². The molecule has 0 fully saturated rings. The third-order valence-electron chi connectivity index (χ3n) is 2.47. The van der Waals surface area contributed by atoms with Crippen molar-refractivity contribution in [3.05, 3.63) is 41.5 Å². The zero-order valence-corrected chi connectivity index (χ0v) is 10.7. The van der Waals surface area contributed by atoms with Gasteiger partial charge in [0.05, 0.1) is 6.61 Å². The summed E-state index contributed by atoms with van der Waals surface area (Å²) in [7, 11) is 0. The molecule has 3 heteroatoms. The first-order valence-corrected chi connectivity index (χ1v) is 5.73. The van der Waals surface area contributed by atoms with Crippen molar-refractivity contribution in [2.24, 2.45) is 0 Å². The summed E-state index contributed by atoms with van der Waals surface area (Å²) in [4.78, 5) is 11.8. The van der Waals surface area contributed by atoms with E-state index in [1.54, 1.807) is 6.08 Å². The smallest absolute Gasteiger partial charge is 0.251 e. The zero-order valence-electron chi connectivity index (χ0n) is 10.7. The Hall–Kier alpha value is -1.77. The summed E-state index contributed by atoms with van der Waals surface area (Å²) in [6, 6.07) is 3.76. The van der Waals surface area contributed by atoms with Crippen LogP contribution in [0.15, 0.2) is 24.8 Å². The highest BCUT2D eigenvalue weighted by Gasteiger charge is 2.11.